The Hall–Kier alpha value is -4.96. The Labute approximate surface area is 226 Å². The molecule has 0 aliphatic carbocycles. The van der Waals surface area contributed by atoms with Crippen molar-refractivity contribution >= 4 is 39.3 Å². The van der Waals surface area contributed by atoms with Crippen LogP contribution in [0.5, 0.6) is 0 Å². The predicted molar refractivity (Wildman–Crippen MR) is 158 cm³/mol. The van der Waals surface area contributed by atoms with Gasteiger partial charge in [-0.2, -0.15) is 0 Å². The molecule has 0 atom stereocenters. The number of hydrogen-bond donors (Lipinski definition) is 0. The number of rotatable bonds is 3. The highest BCUT2D eigenvalue weighted by Crippen LogP contribution is 2.40. The second-order valence-corrected chi connectivity index (χ2v) is 10.3. The summed E-state index contributed by atoms with van der Waals surface area (Å²) in [7, 11) is 0. The molecule has 0 bridgehead atoms. The lowest BCUT2D eigenvalue weighted by Crippen LogP contribution is -2.30. The van der Waals surface area contributed by atoms with Crippen molar-refractivity contribution in [2.75, 3.05) is 4.90 Å². The van der Waals surface area contributed by atoms with Crippen molar-refractivity contribution in [1.82, 2.24) is 4.57 Å². The molecule has 7 rings (SSSR count). The fraction of sp³-hybridized carbons (Fsp3) is 0.0857. The first-order valence-corrected chi connectivity index (χ1v) is 13.1. The van der Waals surface area contributed by atoms with Crippen molar-refractivity contribution in [2.45, 2.75) is 20.8 Å². The number of fused-ring (bicyclic) bond motifs is 4. The van der Waals surface area contributed by atoms with Gasteiger partial charge in [-0.25, -0.2) is 4.90 Å². The quantitative estimate of drug-likeness (QED) is 0.227. The molecule has 4 heteroatoms. The van der Waals surface area contributed by atoms with Gasteiger partial charge < -0.3 is 4.57 Å². The van der Waals surface area contributed by atoms with Crippen LogP contribution < -0.4 is 4.90 Å². The Kier molecular flexibility index (Phi) is 5.07. The van der Waals surface area contributed by atoms with Crippen LogP contribution in [0.3, 0.4) is 0 Å². The summed E-state index contributed by atoms with van der Waals surface area (Å²) in [6, 6.07) is 34.7. The smallest absolute Gasteiger partial charge is 0.266 e. The van der Waals surface area contributed by atoms with Crippen molar-refractivity contribution in [3.05, 3.63) is 131 Å². The molecule has 0 radical (unpaired) electrons. The molecular weight excluding hydrogens is 480 g/mol. The number of hydrogen-bond acceptors (Lipinski definition) is 2. The Bertz CT molecular complexity index is 1960. The SMILES string of the molecule is Cc1cc(C)c(N2C(=O)c3ccc(-n4c5ccccc5c5cccc(-c6ccccc6)c54)cc3C2=O)c(C)c1. The van der Waals surface area contributed by atoms with E-state index in [0.717, 1.165) is 55.3 Å². The van der Waals surface area contributed by atoms with E-state index in [-0.39, 0.29) is 11.8 Å². The van der Waals surface area contributed by atoms with Crippen LogP contribution in [0.2, 0.25) is 0 Å². The van der Waals surface area contributed by atoms with Gasteiger partial charge in [0.1, 0.15) is 0 Å². The third-order valence-electron chi connectivity index (χ3n) is 7.77. The lowest BCUT2D eigenvalue weighted by Gasteiger charge is -2.20. The number of nitrogens with zero attached hydrogens (tertiary/aromatic N) is 2. The number of anilines is 1. The molecule has 0 N–H and O–H groups in total. The van der Waals surface area contributed by atoms with E-state index in [9.17, 15) is 9.59 Å². The molecule has 1 aliphatic heterocycles. The molecule has 2 heterocycles. The standard InChI is InChI=1S/C35H26N2O2/c1-21-18-22(2)32(23(3)19-21)37-34(38)29-17-16-25(20-30(29)35(37)39)36-31-15-8-7-12-27(31)28-14-9-13-26(33(28)36)24-10-5-4-6-11-24/h4-20H,1-3H3. The molecule has 188 valence electrons. The highest BCUT2D eigenvalue weighted by atomic mass is 16.2. The van der Waals surface area contributed by atoms with Gasteiger partial charge in [0, 0.05) is 22.0 Å². The molecule has 0 spiro atoms. The fourth-order valence-corrected chi connectivity index (χ4v) is 6.23. The van der Waals surface area contributed by atoms with Crippen LogP contribution in [0, 0.1) is 20.8 Å². The molecule has 4 nitrogen and oxygen atoms in total. The highest BCUT2D eigenvalue weighted by molar-refractivity contribution is 6.35. The minimum absolute atomic E-state index is 0.274. The summed E-state index contributed by atoms with van der Waals surface area (Å²) in [5.74, 6) is -0.556. The van der Waals surface area contributed by atoms with Gasteiger partial charge in [-0.1, -0.05) is 84.4 Å². The molecular formula is C35H26N2O2. The van der Waals surface area contributed by atoms with Gasteiger partial charge in [-0.15, -0.1) is 0 Å². The summed E-state index contributed by atoms with van der Waals surface area (Å²) < 4.78 is 2.22. The average Bonchev–Trinajstić information content (AvgIpc) is 3.40. The molecule has 39 heavy (non-hydrogen) atoms. The maximum absolute atomic E-state index is 13.8. The van der Waals surface area contributed by atoms with Gasteiger partial charge in [-0.3, -0.25) is 9.59 Å². The van der Waals surface area contributed by atoms with Crippen LogP contribution in [0.1, 0.15) is 37.4 Å². The van der Waals surface area contributed by atoms with Crippen LogP contribution in [-0.4, -0.2) is 16.4 Å². The lowest BCUT2D eigenvalue weighted by molar-refractivity contribution is 0.0925. The van der Waals surface area contributed by atoms with Crippen LogP contribution in [0.4, 0.5) is 5.69 Å². The maximum atomic E-state index is 13.8. The van der Waals surface area contributed by atoms with E-state index in [1.165, 1.54) is 4.90 Å². The maximum Gasteiger partial charge on any atom is 0.266 e. The number of carbonyl (C=O) groups excluding carboxylic acids is 2. The van der Waals surface area contributed by atoms with Crippen molar-refractivity contribution in [1.29, 1.82) is 0 Å². The number of carbonyl (C=O) groups is 2. The van der Waals surface area contributed by atoms with E-state index in [1.54, 1.807) is 6.07 Å². The molecule has 6 aromatic rings. The Balaban J connectivity index is 1.46. The van der Waals surface area contributed by atoms with Gasteiger partial charge in [0.15, 0.2) is 0 Å². The normalized spacial score (nSPS) is 13.1. The molecule has 0 saturated heterocycles. The summed E-state index contributed by atoms with van der Waals surface area (Å²) in [6.07, 6.45) is 0. The van der Waals surface area contributed by atoms with E-state index >= 15 is 0 Å². The number of aryl methyl sites for hydroxylation is 3. The van der Waals surface area contributed by atoms with Gasteiger partial charge in [-0.05, 0) is 61.7 Å². The molecule has 1 aromatic heterocycles. The number of imide groups is 1. The lowest BCUT2D eigenvalue weighted by atomic mass is 10.0. The van der Waals surface area contributed by atoms with Crippen molar-refractivity contribution in [3.63, 3.8) is 0 Å². The second kappa shape index (κ2) is 8.53. The summed E-state index contributed by atoms with van der Waals surface area (Å²) in [4.78, 5) is 28.7. The first-order chi connectivity index (χ1) is 18.9. The molecule has 1 aliphatic rings. The third-order valence-corrected chi connectivity index (χ3v) is 7.77. The van der Waals surface area contributed by atoms with E-state index in [2.05, 4.69) is 53.1 Å². The first kappa shape index (κ1) is 23.2. The summed E-state index contributed by atoms with van der Waals surface area (Å²) in [6.45, 7) is 5.93. The van der Waals surface area contributed by atoms with E-state index < -0.39 is 0 Å². The number of amides is 2. The predicted octanol–water partition coefficient (Wildman–Crippen LogP) is 8.18. The number of benzene rings is 5. The van der Waals surface area contributed by atoms with Crippen LogP contribution in [-0.2, 0) is 0 Å². The van der Waals surface area contributed by atoms with Crippen molar-refractivity contribution in [2.24, 2.45) is 0 Å². The van der Waals surface area contributed by atoms with Crippen molar-refractivity contribution < 1.29 is 9.59 Å². The molecule has 5 aromatic carbocycles. The zero-order chi connectivity index (χ0) is 26.8. The number of para-hydroxylation sites is 2. The van der Waals surface area contributed by atoms with Gasteiger partial charge in [0.2, 0.25) is 0 Å². The monoisotopic (exact) mass is 506 g/mol. The fourth-order valence-electron chi connectivity index (χ4n) is 6.23. The molecule has 0 saturated carbocycles. The summed E-state index contributed by atoms with van der Waals surface area (Å²) in [5, 5.41) is 2.28. The van der Waals surface area contributed by atoms with E-state index in [4.69, 9.17) is 0 Å². The zero-order valence-electron chi connectivity index (χ0n) is 22.0. The summed E-state index contributed by atoms with van der Waals surface area (Å²) >= 11 is 0. The topological polar surface area (TPSA) is 42.3 Å². The Morgan fingerprint density at radius 1 is 0.564 bits per heavy atom. The Morgan fingerprint density at radius 2 is 1.23 bits per heavy atom. The molecule has 2 amide bonds. The average molecular weight is 507 g/mol. The third kappa shape index (κ3) is 3.38. The first-order valence-electron chi connectivity index (χ1n) is 13.1. The van der Waals surface area contributed by atoms with Crippen LogP contribution in [0.25, 0.3) is 38.6 Å². The summed E-state index contributed by atoms with van der Waals surface area (Å²) in [5.41, 5.74) is 9.68. The largest absolute Gasteiger partial charge is 0.309 e. The van der Waals surface area contributed by atoms with E-state index in [1.807, 2.05) is 69.3 Å². The second-order valence-electron chi connectivity index (χ2n) is 10.3. The van der Waals surface area contributed by atoms with Crippen LogP contribution >= 0.6 is 0 Å². The van der Waals surface area contributed by atoms with Gasteiger partial charge >= 0.3 is 0 Å². The van der Waals surface area contributed by atoms with E-state index in [0.29, 0.717) is 16.8 Å². The highest BCUT2D eigenvalue weighted by Gasteiger charge is 2.38. The minimum Gasteiger partial charge on any atom is -0.309 e. The molecule has 0 unspecified atom stereocenters. The van der Waals surface area contributed by atoms with Gasteiger partial charge in [0.05, 0.1) is 27.8 Å². The number of aromatic nitrogens is 1. The van der Waals surface area contributed by atoms with Gasteiger partial charge in [0.25, 0.3) is 11.8 Å². The van der Waals surface area contributed by atoms with Crippen molar-refractivity contribution in [3.8, 4) is 16.8 Å². The zero-order valence-corrected chi connectivity index (χ0v) is 22.0. The minimum atomic E-state index is -0.282. The Morgan fingerprint density at radius 3 is 2.00 bits per heavy atom. The van der Waals surface area contributed by atoms with Crippen LogP contribution in [0.15, 0.2) is 103 Å². The molecule has 0 fully saturated rings.